The van der Waals surface area contributed by atoms with E-state index in [9.17, 15) is 13.5 Å². The van der Waals surface area contributed by atoms with Crippen LogP contribution in [0.3, 0.4) is 0 Å². The predicted octanol–water partition coefficient (Wildman–Crippen LogP) is 2.87. The van der Waals surface area contributed by atoms with Gasteiger partial charge in [-0.3, -0.25) is 4.31 Å². The fourth-order valence-corrected chi connectivity index (χ4v) is 3.64. The van der Waals surface area contributed by atoms with Crippen molar-refractivity contribution in [1.29, 1.82) is 0 Å². The van der Waals surface area contributed by atoms with E-state index in [4.69, 9.17) is 0 Å². The Bertz CT molecular complexity index is 752. The van der Waals surface area contributed by atoms with Gasteiger partial charge >= 0.3 is 0 Å². The van der Waals surface area contributed by atoms with Crippen LogP contribution in [-0.2, 0) is 16.6 Å². The Kier molecular flexibility index (Phi) is 5.00. The molecule has 116 valence electrons. The van der Waals surface area contributed by atoms with Crippen LogP contribution >= 0.6 is 0 Å². The molecule has 0 atom stereocenters. The number of sulfonamides is 1. The minimum absolute atomic E-state index is 0.132. The zero-order valence-corrected chi connectivity index (χ0v) is 13.3. The van der Waals surface area contributed by atoms with Crippen molar-refractivity contribution in [2.45, 2.75) is 18.4 Å². The van der Waals surface area contributed by atoms with Gasteiger partial charge in [-0.1, -0.05) is 42.0 Å². The molecule has 4 nitrogen and oxygen atoms in total. The zero-order valence-electron chi connectivity index (χ0n) is 12.4. The van der Waals surface area contributed by atoms with Crippen molar-refractivity contribution in [1.82, 2.24) is 0 Å². The summed E-state index contributed by atoms with van der Waals surface area (Å²) in [5, 5.41) is 9.46. The van der Waals surface area contributed by atoms with Crippen molar-refractivity contribution in [3.05, 3.63) is 72.3 Å². The lowest BCUT2D eigenvalue weighted by Gasteiger charge is -2.25. The lowest BCUT2D eigenvalue weighted by molar-refractivity contribution is 0.282. The first-order chi connectivity index (χ1) is 10.5. The van der Waals surface area contributed by atoms with Crippen molar-refractivity contribution in [2.75, 3.05) is 10.8 Å². The summed E-state index contributed by atoms with van der Waals surface area (Å²) in [5.74, 6) is 0. The predicted molar refractivity (Wildman–Crippen MR) is 88.3 cm³/mol. The minimum atomic E-state index is -3.71. The van der Waals surface area contributed by atoms with Crippen molar-refractivity contribution in [2.24, 2.45) is 0 Å². The molecule has 2 rings (SSSR count). The Balaban J connectivity index is 2.55. The molecule has 0 aliphatic heterocycles. The first kappa shape index (κ1) is 16.3. The number of aliphatic hydroxyl groups excluding tert-OH is 1. The number of benzene rings is 2. The molecule has 0 radical (unpaired) electrons. The van der Waals surface area contributed by atoms with Crippen LogP contribution in [-0.4, -0.2) is 20.1 Å². The summed E-state index contributed by atoms with van der Waals surface area (Å²) in [6.45, 7) is 5.44. The summed E-state index contributed by atoms with van der Waals surface area (Å²) in [5.41, 5.74) is 2.01. The highest BCUT2D eigenvalue weighted by molar-refractivity contribution is 7.92. The second kappa shape index (κ2) is 6.77. The third-order valence-electron chi connectivity index (χ3n) is 3.33. The number of aliphatic hydroxyl groups is 1. The van der Waals surface area contributed by atoms with E-state index in [2.05, 4.69) is 6.58 Å². The maximum absolute atomic E-state index is 12.9. The van der Waals surface area contributed by atoms with Crippen LogP contribution in [0.1, 0.15) is 11.1 Å². The number of hydrogen-bond acceptors (Lipinski definition) is 3. The highest BCUT2D eigenvalue weighted by atomic mass is 32.2. The van der Waals surface area contributed by atoms with Crippen molar-refractivity contribution in [3.63, 3.8) is 0 Å². The molecule has 2 aromatic carbocycles. The smallest absolute Gasteiger partial charge is 0.264 e. The quantitative estimate of drug-likeness (QED) is 0.834. The fourth-order valence-electron chi connectivity index (χ4n) is 2.17. The van der Waals surface area contributed by atoms with E-state index in [1.165, 1.54) is 10.4 Å². The normalized spacial score (nSPS) is 11.2. The highest BCUT2D eigenvalue weighted by Crippen LogP contribution is 2.27. The van der Waals surface area contributed by atoms with E-state index in [1.54, 1.807) is 48.5 Å². The number of anilines is 1. The van der Waals surface area contributed by atoms with E-state index in [-0.39, 0.29) is 18.0 Å². The van der Waals surface area contributed by atoms with Gasteiger partial charge in [-0.2, -0.15) is 0 Å². The topological polar surface area (TPSA) is 57.6 Å². The van der Waals surface area contributed by atoms with E-state index >= 15 is 0 Å². The van der Waals surface area contributed by atoms with Gasteiger partial charge in [-0.15, -0.1) is 6.58 Å². The fraction of sp³-hybridized carbons (Fsp3) is 0.176. The highest BCUT2D eigenvalue weighted by Gasteiger charge is 2.25. The van der Waals surface area contributed by atoms with Gasteiger partial charge in [-0.05, 0) is 25.1 Å². The van der Waals surface area contributed by atoms with E-state index in [0.29, 0.717) is 11.3 Å². The molecule has 5 heteroatoms. The average Bonchev–Trinajstić information content (AvgIpc) is 2.53. The lowest BCUT2D eigenvalue weighted by atomic mass is 10.2. The third-order valence-corrected chi connectivity index (χ3v) is 5.13. The largest absolute Gasteiger partial charge is 0.392 e. The molecule has 2 aromatic rings. The van der Waals surface area contributed by atoms with Gasteiger partial charge in [0, 0.05) is 5.56 Å². The second-order valence-corrected chi connectivity index (χ2v) is 6.79. The van der Waals surface area contributed by atoms with Crippen LogP contribution in [0.4, 0.5) is 5.69 Å². The SMILES string of the molecule is C=CCN(c1ccccc1CO)S(=O)(=O)c1ccc(C)cc1. The van der Waals surface area contributed by atoms with Crippen LogP contribution in [0, 0.1) is 6.92 Å². The average molecular weight is 317 g/mol. The molecule has 0 aliphatic carbocycles. The van der Waals surface area contributed by atoms with Gasteiger partial charge in [0.1, 0.15) is 0 Å². The summed E-state index contributed by atoms with van der Waals surface area (Å²) >= 11 is 0. The summed E-state index contributed by atoms with van der Waals surface area (Å²) < 4.78 is 27.1. The summed E-state index contributed by atoms with van der Waals surface area (Å²) in [6.07, 6.45) is 1.53. The molecule has 0 bridgehead atoms. The Morgan fingerprint density at radius 3 is 2.36 bits per heavy atom. The van der Waals surface area contributed by atoms with Gasteiger partial charge in [0.25, 0.3) is 10.0 Å². The molecule has 22 heavy (non-hydrogen) atoms. The van der Waals surface area contributed by atoms with Gasteiger partial charge < -0.3 is 5.11 Å². The molecule has 0 aliphatic rings. The maximum atomic E-state index is 12.9. The van der Waals surface area contributed by atoms with Gasteiger partial charge in [0.05, 0.1) is 23.7 Å². The van der Waals surface area contributed by atoms with Crippen LogP contribution in [0.25, 0.3) is 0 Å². The first-order valence-corrected chi connectivity index (χ1v) is 8.33. The molecule has 0 saturated heterocycles. The Morgan fingerprint density at radius 2 is 1.77 bits per heavy atom. The number of nitrogens with zero attached hydrogens (tertiary/aromatic N) is 1. The lowest BCUT2D eigenvalue weighted by Crippen LogP contribution is -2.32. The molecule has 0 heterocycles. The molecular formula is C17H19NO3S. The molecule has 0 amide bonds. The third kappa shape index (κ3) is 3.21. The van der Waals surface area contributed by atoms with Crippen LogP contribution in [0.15, 0.2) is 66.1 Å². The Hall–Kier alpha value is -2.11. The number of hydrogen-bond donors (Lipinski definition) is 1. The molecular weight excluding hydrogens is 298 g/mol. The van der Waals surface area contributed by atoms with Gasteiger partial charge in [-0.25, -0.2) is 8.42 Å². The van der Waals surface area contributed by atoms with Crippen LogP contribution in [0.2, 0.25) is 0 Å². The molecule has 0 saturated carbocycles. The van der Waals surface area contributed by atoms with Crippen LogP contribution in [0.5, 0.6) is 0 Å². The van der Waals surface area contributed by atoms with Crippen molar-refractivity contribution in [3.8, 4) is 0 Å². The maximum Gasteiger partial charge on any atom is 0.264 e. The number of para-hydroxylation sites is 1. The monoisotopic (exact) mass is 317 g/mol. The van der Waals surface area contributed by atoms with Gasteiger partial charge in [0.2, 0.25) is 0 Å². The second-order valence-electron chi connectivity index (χ2n) is 4.92. The van der Waals surface area contributed by atoms with Crippen LogP contribution < -0.4 is 4.31 Å². The molecule has 0 aromatic heterocycles. The summed E-state index contributed by atoms with van der Waals surface area (Å²) in [6, 6.07) is 13.6. The van der Waals surface area contributed by atoms with Crippen molar-refractivity contribution < 1.29 is 13.5 Å². The minimum Gasteiger partial charge on any atom is -0.392 e. The Labute approximate surface area is 131 Å². The zero-order chi connectivity index (χ0) is 16.2. The van der Waals surface area contributed by atoms with Gasteiger partial charge in [0.15, 0.2) is 0 Å². The Morgan fingerprint density at radius 1 is 1.14 bits per heavy atom. The summed E-state index contributed by atoms with van der Waals surface area (Å²) in [4.78, 5) is 0.215. The standard InChI is InChI=1S/C17H19NO3S/c1-3-12-18(17-7-5-4-6-15(17)13-19)22(20,21)16-10-8-14(2)9-11-16/h3-11,19H,1,12-13H2,2H3. The first-order valence-electron chi connectivity index (χ1n) is 6.89. The van der Waals surface area contributed by atoms with E-state index < -0.39 is 10.0 Å². The molecule has 0 fully saturated rings. The number of rotatable bonds is 6. The molecule has 0 spiro atoms. The molecule has 1 N–H and O–H groups in total. The number of aryl methyl sites for hydroxylation is 1. The molecule has 0 unspecified atom stereocenters. The van der Waals surface area contributed by atoms with Crippen molar-refractivity contribution >= 4 is 15.7 Å². The van der Waals surface area contributed by atoms with E-state index in [0.717, 1.165) is 5.56 Å². The van der Waals surface area contributed by atoms with E-state index in [1.807, 2.05) is 6.92 Å². The summed E-state index contributed by atoms with van der Waals surface area (Å²) in [7, 11) is -3.71.